The molecule has 1 rings (SSSR count). The van der Waals surface area contributed by atoms with E-state index in [1.54, 1.807) is 13.0 Å². The zero-order chi connectivity index (χ0) is 10.7. The average molecular weight is 197 g/mol. The first-order valence-corrected chi connectivity index (χ1v) is 4.21. The predicted octanol–water partition coefficient (Wildman–Crippen LogP) is 1.43. The molecule has 0 aliphatic heterocycles. The van der Waals surface area contributed by atoms with Crippen LogP contribution in [0.25, 0.3) is 0 Å². The molecular weight excluding hydrogens is 186 g/mol. The molecule has 0 spiro atoms. The number of hydrogen-bond acceptors (Lipinski definition) is 4. The number of esters is 1. The van der Waals surface area contributed by atoms with Crippen molar-refractivity contribution in [1.82, 2.24) is 0 Å². The van der Waals surface area contributed by atoms with E-state index in [9.17, 15) is 14.9 Å². The van der Waals surface area contributed by atoms with Crippen LogP contribution in [0.5, 0.6) is 0 Å². The van der Waals surface area contributed by atoms with Crippen molar-refractivity contribution in [2.45, 2.75) is 19.8 Å². The maximum absolute atomic E-state index is 11.2. The summed E-state index contributed by atoms with van der Waals surface area (Å²) in [6.07, 6.45) is 2.56. The molecule has 0 aromatic carbocycles. The second kappa shape index (κ2) is 4.04. The molecule has 0 aromatic heterocycles. The van der Waals surface area contributed by atoms with E-state index in [0.717, 1.165) is 0 Å². The van der Waals surface area contributed by atoms with Crippen molar-refractivity contribution >= 4 is 5.97 Å². The minimum Gasteiger partial charge on any atom is -0.465 e. The Balaban J connectivity index is 3.05. The van der Waals surface area contributed by atoms with Gasteiger partial charge in [0.25, 0.3) is 0 Å². The summed E-state index contributed by atoms with van der Waals surface area (Å²) >= 11 is 0. The molecule has 0 heterocycles. The van der Waals surface area contributed by atoms with Gasteiger partial charge in [-0.3, -0.25) is 10.1 Å². The van der Waals surface area contributed by atoms with Crippen LogP contribution in [0.4, 0.5) is 0 Å². The Labute approximate surface area is 81.2 Å². The minimum atomic E-state index is -0.512. The average Bonchev–Trinajstić information content (AvgIpc) is 2.16. The van der Waals surface area contributed by atoms with Crippen molar-refractivity contribution in [3.05, 3.63) is 33.0 Å². The fourth-order valence-electron chi connectivity index (χ4n) is 1.42. The Hall–Kier alpha value is -1.65. The summed E-state index contributed by atoms with van der Waals surface area (Å²) < 4.78 is 4.52. The third-order valence-electron chi connectivity index (χ3n) is 2.19. The molecule has 0 atom stereocenters. The number of carbonyl (C=O) groups is 1. The highest BCUT2D eigenvalue weighted by atomic mass is 16.6. The van der Waals surface area contributed by atoms with Gasteiger partial charge in [0.2, 0.25) is 5.70 Å². The van der Waals surface area contributed by atoms with Crippen LogP contribution < -0.4 is 0 Å². The van der Waals surface area contributed by atoms with Crippen molar-refractivity contribution in [2.24, 2.45) is 0 Å². The lowest BCUT2D eigenvalue weighted by Crippen LogP contribution is -2.13. The number of methoxy groups -OCH3 is 1. The zero-order valence-electron chi connectivity index (χ0n) is 8.07. The first-order chi connectivity index (χ1) is 6.57. The van der Waals surface area contributed by atoms with Crippen molar-refractivity contribution in [3.8, 4) is 0 Å². The Morgan fingerprint density at radius 1 is 1.64 bits per heavy atom. The van der Waals surface area contributed by atoms with Crippen LogP contribution >= 0.6 is 0 Å². The second-order valence-corrected chi connectivity index (χ2v) is 2.98. The molecule has 0 saturated carbocycles. The van der Waals surface area contributed by atoms with Crippen LogP contribution in [0.2, 0.25) is 0 Å². The molecule has 76 valence electrons. The van der Waals surface area contributed by atoms with Crippen LogP contribution in [0, 0.1) is 10.1 Å². The lowest BCUT2D eigenvalue weighted by Gasteiger charge is -2.11. The van der Waals surface area contributed by atoms with Crippen LogP contribution in [0.3, 0.4) is 0 Å². The highest BCUT2D eigenvalue weighted by molar-refractivity contribution is 5.93. The van der Waals surface area contributed by atoms with Gasteiger partial charge in [0, 0.05) is 12.0 Å². The van der Waals surface area contributed by atoms with Gasteiger partial charge in [-0.1, -0.05) is 6.08 Å². The summed E-state index contributed by atoms with van der Waals surface area (Å²) in [7, 11) is 1.26. The van der Waals surface area contributed by atoms with Crippen molar-refractivity contribution in [1.29, 1.82) is 0 Å². The van der Waals surface area contributed by atoms with Crippen LogP contribution in [-0.2, 0) is 9.53 Å². The van der Waals surface area contributed by atoms with Crippen molar-refractivity contribution in [2.75, 3.05) is 7.11 Å². The van der Waals surface area contributed by atoms with Gasteiger partial charge in [-0.15, -0.1) is 0 Å². The number of allylic oxidation sites excluding steroid dienone is 2. The van der Waals surface area contributed by atoms with E-state index in [1.807, 2.05) is 0 Å². The summed E-state index contributed by atoms with van der Waals surface area (Å²) in [6, 6.07) is 0. The van der Waals surface area contributed by atoms with E-state index in [2.05, 4.69) is 4.74 Å². The fraction of sp³-hybridized carbons (Fsp3) is 0.444. The lowest BCUT2D eigenvalue weighted by molar-refractivity contribution is -0.429. The zero-order valence-corrected chi connectivity index (χ0v) is 8.07. The lowest BCUT2D eigenvalue weighted by atomic mass is 9.96. The molecule has 5 heteroatoms. The molecule has 0 amide bonds. The Morgan fingerprint density at radius 3 is 2.79 bits per heavy atom. The van der Waals surface area contributed by atoms with E-state index >= 15 is 0 Å². The molecule has 0 bridgehead atoms. The molecule has 1 aliphatic rings. The molecule has 0 fully saturated rings. The monoisotopic (exact) mass is 197 g/mol. The van der Waals surface area contributed by atoms with E-state index in [1.165, 1.54) is 7.11 Å². The van der Waals surface area contributed by atoms with E-state index in [0.29, 0.717) is 24.0 Å². The number of nitro groups is 1. The van der Waals surface area contributed by atoms with Gasteiger partial charge < -0.3 is 4.74 Å². The van der Waals surface area contributed by atoms with Gasteiger partial charge in [-0.05, 0) is 13.3 Å². The molecule has 0 aromatic rings. The van der Waals surface area contributed by atoms with Gasteiger partial charge in [-0.25, -0.2) is 4.79 Å². The summed E-state index contributed by atoms with van der Waals surface area (Å²) in [6.45, 7) is 1.57. The predicted molar refractivity (Wildman–Crippen MR) is 49.0 cm³/mol. The van der Waals surface area contributed by atoms with E-state index in [4.69, 9.17) is 0 Å². The van der Waals surface area contributed by atoms with Crippen molar-refractivity contribution in [3.63, 3.8) is 0 Å². The van der Waals surface area contributed by atoms with E-state index < -0.39 is 10.9 Å². The molecule has 1 aliphatic carbocycles. The fourth-order valence-corrected chi connectivity index (χ4v) is 1.42. The van der Waals surface area contributed by atoms with Gasteiger partial charge >= 0.3 is 5.97 Å². The highest BCUT2D eigenvalue weighted by Crippen LogP contribution is 2.25. The minimum absolute atomic E-state index is 0.105. The van der Waals surface area contributed by atoms with Gasteiger partial charge in [0.1, 0.15) is 0 Å². The molecule has 0 unspecified atom stereocenters. The van der Waals surface area contributed by atoms with Gasteiger partial charge in [-0.2, -0.15) is 0 Å². The largest absolute Gasteiger partial charge is 0.465 e. The molecule has 0 N–H and O–H groups in total. The van der Waals surface area contributed by atoms with Crippen LogP contribution in [0.1, 0.15) is 19.8 Å². The Bertz CT molecular complexity index is 341. The number of nitrogens with zero attached hydrogens (tertiary/aromatic N) is 1. The smallest absolute Gasteiger partial charge is 0.338 e. The third-order valence-corrected chi connectivity index (χ3v) is 2.19. The SMILES string of the molecule is COC(=O)C1=CCCC([N+](=O)[O-])=C1C. The van der Waals surface area contributed by atoms with Gasteiger partial charge in [0.05, 0.1) is 17.6 Å². The van der Waals surface area contributed by atoms with Crippen molar-refractivity contribution < 1.29 is 14.5 Å². The number of hydrogen-bond donors (Lipinski definition) is 0. The summed E-state index contributed by atoms with van der Waals surface area (Å²) in [5.74, 6) is -0.512. The quantitative estimate of drug-likeness (QED) is 0.381. The maximum Gasteiger partial charge on any atom is 0.338 e. The molecule has 0 saturated heterocycles. The normalized spacial score (nSPS) is 16.3. The Morgan fingerprint density at radius 2 is 2.29 bits per heavy atom. The summed E-state index contributed by atoms with van der Waals surface area (Å²) in [5.41, 5.74) is 0.825. The molecule has 5 nitrogen and oxygen atoms in total. The van der Waals surface area contributed by atoms with Gasteiger partial charge in [0.15, 0.2) is 0 Å². The second-order valence-electron chi connectivity index (χ2n) is 2.98. The summed E-state index contributed by atoms with van der Waals surface area (Å²) in [5, 5.41) is 10.6. The Kier molecular flexibility index (Phi) is 3.01. The third kappa shape index (κ3) is 1.81. The van der Waals surface area contributed by atoms with Crippen LogP contribution in [0.15, 0.2) is 22.9 Å². The number of rotatable bonds is 2. The standard InChI is InChI=1S/C9H11NO4/c1-6-7(9(11)14-2)4-3-5-8(6)10(12)13/h4H,3,5H2,1-2H3. The molecule has 0 radical (unpaired) electrons. The number of ether oxygens (including phenoxy) is 1. The molecular formula is C9H11NO4. The first-order valence-electron chi connectivity index (χ1n) is 4.21. The first kappa shape index (κ1) is 10.4. The molecule has 14 heavy (non-hydrogen) atoms. The van der Waals surface area contributed by atoms with E-state index in [-0.39, 0.29) is 5.70 Å². The topological polar surface area (TPSA) is 69.4 Å². The highest BCUT2D eigenvalue weighted by Gasteiger charge is 2.25. The summed E-state index contributed by atoms with van der Waals surface area (Å²) in [4.78, 5) is 21.3. The number of carbonyl (C=O) groups excluding carboxylic acids is 1. The maximum atomic E-state index is 11.2. The van der Waals surface area contributed by atoms with Crippen LogP contribution in [-0.4, -0.2) is 18.0 Å².